The number of rotatable bonds is 5. The molecule has 0 bridgehead atoms. The molecule has 1 aliphatic carbocycles. The smallest absolute Gasteiger partial charge is 0.410 e. The number of fused-ring (bicyclic) bond motifs is 1. The summed E-state index contributed by atoms with van der Waals surface area (Å²) < 4.78 is 22.2. The number of likely N-dealkylation sites (tertiary alicyclic amines) is 1. The first-order valence-corrected chi connectivity index (χ1v) is 11.8. The molecule has 0 unspecified atom stereocenters. The van der Waals surface area contributed by atoms with Gasteiger partial charge in [-0.25, -0.2) is 23.7 Å². The van der Waals surface area contributed by atoms with Gasteiger partial charge in [-0.3, -0.25) is 0 Å². The second-order valence-corrected chi connectivity index (χ2v) is 10.1. The van der Waals surface area contributed by atoms with Crippen LogP contribution in [-0.2, 0) is 16.6 Å². The molecule has 0 aromatic carbocycles. The molecule has 1 N–H and O–H groups in total. The van der Waals surface area contributed by atoms with Gasteiger partial charge in [0.25, 0.3) is 0 Å². The third-order valence-electron chi connectivity index (χ3n) is 6.77. The average Bonchev–Trinajstić information content (AvgIpc) is 3.06. The lowest BCUT2D eigenvalue weighted by molar-refractivity contribution is 0.0125. The number of anilines is 1. The number of imidazole rings is 1. The topological polar surface area (TPSA) is 84.7 Å². The SMILES string of the molecule is CCc1nc(C2(CC)CCC2)n2nc(N[C@@H]3CCN(C(=O)OC(C)(C)C)C[C@H]3F)ncc12. The number of hydrogen-bond donors (Lipinski definition) is 1. The molecule has 2 aromatic rings. The fourth-order valence-corrected chi connectivity index (χ4v) is 4.68. The molecular weight excluding hydrogens is 411 g/mol. The molecule has 2 atom stereocenters. The number of aromatic nitrogens is 4. The van der Waals surface area contributed by atoms with E-state index in [1.165, 1.54) is 11.3 Å². The van der Waals surface area contributed by atoms with E-state index in [1.54, 1.807) is 27.0 Å². The lowest BCUT2D eigenvalue weighted by atomic mass is 9.66. The van der Waals surface area contributed by atoms with E-state index >= 15 is 0 Å². The average molecular weight is 447 g/mol. The number of hydrogen-bond acceptors (Lipinski definition) is 6. The van der Waals surface area contributed by atoms with Crippen molar-refractivity contribution in [3.05, 3.63) is 17.7 Å². The molecule has 2 fully saturated rings. The number of ether oxygens (including phenoxy) is 1. The predicted octanol–water partition coefficient (Wildman–Crippen LogP) is 4.28. The van der Waals surface area contributed by atoms with Gasteiger partial charge in [0.2, 0.25) is 5.95 Å². The van der Waals surface area contributed by atoms with E-state index in [0.717, 1.165) is 42.7 Å². The van der Waals surface area contributed by atoms with Crippen molar-refractivity contribution in [1.82, 2.24) is 24.5 Å². The van der Waals surface area contributed by atoms with Crippen molar-refractivity contribution in [2.24, 2.45) is 0 Å². The summed E-state index contributed by atoms with van der Waals surface area (Å²) >= 11 is 0. The van der Waals surface area contributed by atoms with Crippen molar-refractivity contribution in [3.8, 4) is 0 Å². The van der Waals surface area contributed by atoms with Gasteiger partial charge in [-0.1, -0.05) is 20.3 Å². The molecule has 2 aromatic heterocycles. The van der Waals surface area contributed by atoms with E-state index in [1.807, 2.05) is 4.52 Å². The minimum Gasteiger partial charge on any atom is -0.444 e. The van der Waals surface area contributed by atoms with Crippen LogP contribution in [0.4, 0.5) is 15.1 Å². The summed E-state index contributed by atoms with van der Waals surface area (Å²) in [5.41, 5.74) is 1.39. The zero-order valence-corrected chi connectivity index (χ0v) is 19.8. The predicted molar refractivity (Wildman–Crippen MR) is 121 cm³/mol. The first kappa shape index (κ1) is 22.7. The van der Waals surface area contributed by atoms with Crippen LogP contribution in [0.3, 0.4) is 0 Å². The van der Waals surface area contributed by atoms with E-state index in [2.05, 4.69) is 24.1 Å². The molecule has 2 aliphatic rings. The minimum absolute atomic E-state index is 0.00984. The number of alkyl halides is 1. The molecule has 1 saturated heterocycles. The van der Waals surface area contributed by atoms with Crippen LogP contribution in [0.2, 0.25) is 0 Å². The molecule has 9 heteroatoms. The molecule has 1 saturated carbocycles. The maximum atomic E-state index is 14.9. The Morgan fingerprint density at radius 3 is 2.66 bits per heavy atom. The Labute approximate surface area is 188 Å². The summed E-state index contributed by atoms with van der Waals surface area (Å²) in [6.45, 7) is 10.1. The van der Waals surface area contributed by atoms with Crippen LogP contribution in [0.1, 0.15) is 78.2 Å². The highest BCUT2D eigenvalue weighted by Gasteiger charge is 2.41. The monoisotopic (exact) mass is 446 g/mol. The number of nitrogens with one attached hydrogen (secondary N) is 1. The summed E-state index contributed by atoms with van der Waals surface area (Å²) in [6, 6.07) is -0.465. The second-order valence-electron chi connectivity index (χ2n) is 10.1. The Kier molecular flexibility index (Phi) is 6.02. The highest BCUT2D eigenvalue weighted by Crippen LogP contribution is 2.46. The molecule has 176 valence electrons. The Morgan fingerprint density at radius 2 is 2.09 bits per heavy atom. The fourth-order valence-electron chi connectivity index (χ4n) is 4.68. The van der Waals surface area contributed by atoms with Gasteiger partial charge in [0.15, 0.2) is 0 Å². The lowest BCUT2D eigenvalue weighted by Crippen LogP contribution is -2.51. The van der Waals surface area contributed by atoms with Crippen molar-refractivity contribution in [2.45, 2.75) is 96.4 Å². The number of piperidine rings is 1. The normalized spacial score (nSPS) is 23.1. The summed E-state index contributed by atoms with van der Waals surface area (Å²) in [5, 5.41) is 7.90. The zero-order valence-electron chi connectivity index (χ0n) is 19.8. The van der Waals surface area contributed by atoms with Crippen LogP contribution in [0, 0.1) is 0 Å². The lowest BCUT2D eigenvalue weighted by Gasteiger charge is -2.39. The van der Waals surface area contributed by atoms with Crippen molar-refractivity contribution >= 4 is 17.6 Å². The van der Waals surface area contributed by atoms with Gasteiger partial charge in [0.05, 0.1) is 24.5 Å². The first-order chi connectivity index (χ1) is 15.2. The molecule has 1 aliphatic heterocycles. The number of carbonyl (C=O) groups excluding carboxylic acids is 1. The number of amides is 1. The van der Waals surface area contributed by atoms with Gasteiger partial charge < -0.3 is 15.0 Å². The molecule has 1 amide bonds. The van der Waals surface area contributed by atoms with E-state index in [4.69, 9.17) is 14.8 Å². The summed E-state index contributed by atoms with van der Waals surface area (Å²) in [7, 11) is 0. The van der Waals surface area contributed by atoms with Gasteiger partial charge in [-0.05, 0) is 52.9 Å². The summed E-state index contributed by atoms with van der Waals surface area (Å²) in [4.78, 5) is 23.1. The number of carbonyl (C=O) groups is 1. The third-order valence-corrected chi connectivity index (χ3v) is 6.77. The Hall–Kier alpha value is -2.45. The Bertz CT molecular complexity index is 975. The van der Waals surface area contributed by atoms with Crippen LogP contribution in [0.15, 0.2) is 6.20 Å². The van der Waals surface area contributed by atoms with Gasteiger partial charge in [-0.2, -0.15) is 0 Å². The second kappa shape index (κ2) is 8.48. The maximum absolute atomic E-state index is 14.9. The third kappa shape index (κ3) is 4.26. The maximum Gasteiger partial charge on any atom is 0.410 e. The molecule has 4 rings (SSSR count). The quantitative estimate of drug-likeness (QED) is 0.738. The van der Waals surface area contributed by atoms with Crippen LogP contribution in [0.5, 0.6) is 0 Å². The highest BCUT2D eigenvalue weighted by molar-refractivity contribution is 5.68. The summed E-state index contributed by atoms with van der Waals surface area (Å²) in [6.07, 6.45) is 5.82. The van der Waals surface area contributed by atoms with Gasteiger partial charge in [-0.15, -0.1) is 5.10 Å². The number of aryl methyl sites for hydroxylation is 1. The van der Waals surface area contributed by atoms with E-state index in [-0.39, 0.29) is 12.0 Å². The van der Waals surface area contributed by atoms with Gasteiger partial charge in [0.1, 0.15) is 23.1 Å². The van der Waals surface area contributed by atoms with E-state index in [9.17, 15) is 9.18 Å². The first-order valence-electron chi connectivity index (χ1n) is 11.8. The van der Waals surface area contributed by atoms with E-state index < -0.39 is 23.9 Å². The standard InChI is InChI=1S/C23H35FN6O2/c1-6-16-18-13-25-20(28-30(18)19(26-16)23(7-2)10-8-11-23)27-17-9-12-29(14-15(17)24)21(31)32-22(3,4)5/h13,15,17H,6-12,14H2,1-5H3,(H,27,28)/t15-,17-/m1/s1. The number of halogens is 1. The molecular formula is C23H35FN6O2. The van der Waals surface area contributed by atoms with Crippen molar-refractivity contribution < 1.29 is 13.9 Å². The Balaban J connectivity index is 1.51. The van der Waals surface area contributed by atoms with Crippen LogP contribution in [-0.4, -0.2) is 61.5 Å². The minimum atomic E-state index is -1.24. The van der Waals surface area contributed by atoms with Crippen LogP contribution >= 0.6 is 0 Å². The van der Waals surface area contributed by atoms with Gasteiger partial charge in [0, 0.05) is 12.0 Å². The number of nitrogens with zero attached hydrogens (tertiary/aromatic N) is 5. The molecule has 32 heavy (non-hydrogen) atoms. The zero-order chi connectivity index (χ0) is 23.1. The van der Waals surface area contributed by atoms with Crippen LogP contribution < -0.4 is 5.32 Å². The largest absolute Gasteiger partial charge is 0.444 e. The van der Waals surface area contributed by atoms with Gasteiger partial charge >= 0.3 is 6.09 Å². The van der Waals surface area contributed by atoms with Crippen molar-refractivity contribution in [2.75, 3.05) is 18.4 Å². The molecule has 3 heterocycles. The van der Waals surface area contributed by atoms with E-state index in [0.29, 0.717) is 18.9 Å². The Morgan fingerprint density at radius 1 is 1.34 bits per heavy atom. The summed E-state index contributed by atoms with van der Waals surface area (Å²) in [5.74, 6) is 1.39. The molecule has 8 nitrogen and oxygen atoms in total. The molecule has 0 radical (unpaired) electrons. The highest BCUT2D eigenvalue weighted by atomic mass is 19.1. The van der Waals surface area contributed by atoms with Crippen molar-refractivity contribution in [1.29, 1.82) is 0 Å². The van der Waals surface area contributed by atoms with Crippen molar-refractivity contribution in [3.63, 3.8) is 0 Å². The molecule has 0 spiro atoms. The van der Waals surface area contributed by atoms with Crippen LogP contribution in [0.25, 0.3) is 5.52 Å². The fraction of sp³-hybridized carbons (Fsp3) is 0.739.